The van der Waals surface area contributed by atoms with Crippen LogP contribution in [-0.4, -0.2) is 36.3 Å². The topological polar surface area (TPSA) is 49.4 Å². The second-order valence-corrected chi connectivity index (χ2v) is 7.38. The van der Waals surface area contributed by atoms with Crippen molar-refractivity contribution in [2.45, 2.75) is 44.9 Å². The molecule has 0 radical (unpaired) electrons. The number of hydrogen-bond acceptors (Lipinski definition) is 3. The van der Waals surface area contributed by atoms with Crippen molar-refractivity contribution in [3.8, 4) is 0 Å². The molecule has 4 unspecified atom stereocenters. The van der Waals surface area contributed by atoms with Crippen molar-refractivity contribution in [2.24, 2.45) is 23.2 Å². The summed E-state index contributed by atoms with van der Waals surface area (Å²) < 4.78 is 0. The first kappa shape index (κ1) is 12.8. The largest absolute Gasteiger partial charge is 0.303 e. The Morgan fingerprint density at radius 1 is 1.10 bits per heavy atom. The molecular weight excluding hydrogens is 252 g/mol. The molecule has 3 saturated heterocycles. The minimum Gasteiger partial charge on any atom is -0.303 e. The summed E-state index contributed by atoms with van der Waals surface area (Å²) in [5.41, 5.74) is -0.0125. The number of nitrogens with zero attached hydrogens (tertiary/aromatic N) is 1. The third kappa shape index (κ3) is 1.77. The lowest BCUT2D eigenvalue weighted by Crippen LogP contribution is -2.59. The lowest BCUT2D eigenvalue weighted by molar-refractivity contribution is -0.152. The zero-order chi connectivity index (χ0) is 13.7. The molecule has 110 valence electrons. The normalized spacial score (nSPS) is 45.1. The van der Waals surface area contributed by atoms with Crippen LogP contribution < -0.4 is 5.32 Å². The van der Waals surface area contributed by atoms with Gasteiger partial charge in [0, 0.05) is 18.9 Å². The van der Waals surface area contributed by atoms with Gasteiger partial charge in [0.15, 0.2) is 0 Å². The van der Waals surface area contributed by atoms with Gasteiger partial charge in [-0.05, 0) is 56.0 Å². The van der Waals surface area contributed by atoms with Gasteiger partial charge in [0.2, 0.25) is 11.8 Å². The fourth-order valence-electron chi connectivity index (χ4n) is 5.62. The molecule has 1 aliphatic carbocycles. The standard InChI is InChI=1S/C16H24N2O2/c19-13-9-16(6-8-18-7-5-12(16)10-18)14(15(20)17-13)11-3-1-2-4-11/h11-12,14H,1-10H2,(H,17,19,20). The van der Waals surface area contributed by atoms with E-state index in [0.717, 1.165) is 19.5 Å². The predicted octanol–water partition coefficient (Wildman–Crippen LogP) is 1.55. The summed E-state index contributed by atoms with van der Waals surface area (Å²) in [7, 11) is 0. The zero-order valence-corrected chi connectivity index (χ0v) is 12.1. The molecule has 2 amide bonds. The van der Waals surface area contributed by atoms with Crippen molar-refractivity contribution < 1.29 is 9.59 Å². The van der Waals surface area contributed by atoms with Gasteiger partial charge in [-0.2, -0.15) is 0 Å². The maximum atomic E-state index is 12.6. The van der Waals surface area contributed by atoms with E-state index in [2.05, 4.69) is 10.2 Å². The number of fused-ring (bicyclic) bond motifs is 3. The molecule has 4 atom stereocenters. The average molecular weight is 276 g/mol. The van der Waals surface area contributed by atoms with Gasteiger partial charge in [0.25, 0.3) is 0 Å². The van der Waals surface area contributed by atoms with Gasteiger partial charge in [-0.15, -0.1) is 0 Å². The monoisotopic (exact) mass is 276 g/mol. The zero-order valence-electron chi connectivity index (χ0n) is 12.1. The number of amides is 2. The molecule has 0 aromatic heterocycles. The molecule has 4 aliphatic rings. The van der Waals surface area contributed by atoms with Gasteiger partial charge in [-0.1, -0.05) is 12.8 Å². The van der Waals surface area contributed by atoms with Gasteiger partial charge in [0.05, 0.1) is 0 Å². The number of rotatable bonds is 1. The Kier molecular flexibility index (Phi) is 2.92. The van der Waals surface area contributed by atoms with Crippen LogP contribution in [0.3, 0.4) is 0 Å². The van der Waals surface area contributed by atoms with Gasteiger partial charge < -0.3 is 4.90 Å². The summed E-state index contributed by atoms with van der Waals surface area (Å²) >= 11 is 0. The second kappa shape index (κ2) is 4.55. The minimum atomic E-state index is -0.0235. The molecular formula is C16H24N2O2. The van der Waals surface area contributed by atoms with E-state index in [1.807, 2.05) is 0 Å². The van der Waals surface area contributed by atoms with Crippen LogP contribution in [0.1, 0.15) is 44.9 Å². The van der Waals surface area contributed by atoms with Gasteiger partial charge >= 0.3 is 0 Å². The number of nitrogens with one attached hydrogen (secondary N) is 1. The molecule has 1 spiro atoms. The fraction of sp³-hybridized carbons (Fsp3) is 0.875. The first-order valence-electron chi connectivity index (χ1n) is 8.25. The SMILES string of the molecule is O=C1CC2(CCN3CCC2C3)C(C2CCCC2)C(=O)N1. The van der Waals surface area contributed by atoms with E-state index in [4.69, 9.17) is 0 Å². The molecule has 0 aromatic rings. The summed E-state index contributed by atoms with van der Waals surface area (Å²) in [6.07, 6.45) is 7.72. The highest BCUT2D eigenvalue weighted by Crippen LogP contribution is 2.55. The molecule has 4 heteroatoms. The summed E-state index contributed by atoms with van der Waals surface area (Å²) in [6, 6.07) is 0. The highest BCUT2D eigenvalue weighted by Gasteiger charge is 2.58. The maximum Gasteiger partial charge on any atom is 0.230 e. The first-order chi connectivity index (χ1) is 9.69. The second-order valence-electron chi connectivity index (χ2n) is 7.38. The van der Waals surface area contributed by atoms with Crippen LogP contribution in [0.15, 0.2) is 0 Å². The number of carbonyl (C=O) groups is 2. The molecule has 20 heavy (non-hydrogen) atoms. The molecule has 4 nitrogen and oxygen atoms in total. The molecule has 1 saturated carbocycles. The quantitative estimate of drug-likeness (QED) is 0.739. The minimum absolute atomic E-state index is 0.0125. The summed E-state index contributed by atoms with van der Waals surface area (Å²) in [5, 5.41) is 2.64. The Morgan fingerprint density at radius 3 is 2.70 bits per heavy atom. The van der Waals surface area contributed by atoms with E-state index in [9.17, 15) is 9.59 Å². The van der Waals surface area contributed by atoms with Crippen LogP contribution in [0.25, 0.3) is 0 Å². The van der Waals surface area contributed by atoms with E-state index in [0.29, 0.717) is 18.3 Å². The maximum absolute atomic E-state index is 12.6. The van der Waals surface area contributed by atoms with Crippen molar-refractivity contribution in [3.05, 3.63) is 0 Å². The van der Waals surface area contributed by atoms with Crippen LogP contribution in [0.4, 0.5) is 0 Å². The molecule has 4 rings (SSSR count). The van der Waals surface area contributed by atoms with Crippen molar-refractivity contribution in [2.75, 3.05) is 19.6 Å². The molecule has 3 aliphatic heterocycles. The molecule has 1 N–H and O–H groups in total. The lowest BCUT2D eigenvalue weighted by Gasteiger charge is -2.51. The van der Waals surface area contributed by atoms with E-state index in [-0.39, 0.29) is 23.1 Å². The molecule has 4 fully saturated rings. The van der Waals surface area contributed by atoms with Crippen LogP contribution in [-0.2, 0) is 9.59 Å². The van der Waals surface area contributed by atoms with Crippen molar-refractivity contribution in [1.29, 1.82) is 0 Å². The van der Waals surface area contributed by atoms with Crippen molar-refractivity contribution >= 4 is 11.8 Å². The fourth-order valence-corrected chi connectivity index (χ4v) is 5.62. The highest BCUT2D eigenvalue weighted by atomic mass is 16.2. The number of piperidine rings is 2. The van der Waals surface area contributed by atoms with Crippen molar-refractivity contribution in [3.63, 3.8) is 0 Å². The van der Waals surface area contributed by atoms with Crippen LogP contribution in [0.5, 0.6) is 0 Å². The lowest BCUT2D eigenvalue weighted by atomic mass is 9.56. The highest BCUT2D eigenvalue weighted by molar-refractivity contribution is 6.00. The van der Waals surface area contributed by atoms with Gasteiger partial charge in [-0.3, -0.25) is 14.9 Å². The summed E-state index contributed by atoms with van der Waals surface area (Å²) in [4.78, 5) is 27.1. The van der Waals surface area contributed by atoms with Gasteiger partial charge in [-0.25, -0.2) is 0 Å². The molecule has 3 heterocycles. The summed E-state index contributed by atoms with van der Waals surface area (Å²) in [5.74, 6) is 1.22. The van der Waals surface area contributed by atoms with Crippen LogP contribution in [0, 0.1) is 23.2 Å². The number of imide groups is 1. The Balaban J connectivity index is 1.71. The third-order valence-electron chi connectivity index (χ3n) is 6.50. The van der Waals surface area contributed by atoms with Gasteiger partial charge in [0.1, 0.15) is 0 Å². The first-order valence-corrected chi connectivity index (χ1v) is 8.25. The Hall–Kier alpha value is -0.900. The summed E-state index contributed by atoms with van der Waals surface area (Å²) in [6.45, 7) is 3.36. The molecule has 2 bridgehead atoms. The smallest absolute Gasteiger partial charge is 0.230 e. The van der Waals surface area contributed by atoms with E-state index in [1.54, 1.807) is 0 Å². The third-order valence-corrected chi connectivity index (χ3v) is 6.50. The number of carbonyl (C=O) groups excluding carboxylic acids is 2. The van der Waals surface area contributed by atoms with E-state index in [1.165, 1.54) is 38.6 Å². The van der Waals surface area contributed by atoms with Crippen molar-refractivity contribution in [1.82, 2.24) is 10.2 Å². The van der Waals surface area contributed by atoms with Crippen LogP contribution in [0.2, 0.25) is 0 Å². The predicted molar refractivity (Wildman–Crippen MR) is 74.8 cm³/mol. The Labute approximate surface area is 120 Å². The Morgan fingerprint density at radius 2 is 1.90 bits per heavy atom. The Bertz CT molecular complexity index is 444. The number of hydrogen-bond donors (Lipinski definition) is 1. The van der Waals surface area contributed by atoms with E-state index < -0.39 is 0 Å². The molecule has 0 aromatic carbocycles. The van der Waals surface area contributed by atoms with Crippen LogP contribution >= 0.6 is 0 Å². The van der Waals surface area contributed by atoms with E-state index >= 15 is 0 Å². The average Bonchev–Trinajstić information content (AvgIpc) is 3.04.